The molecule has 0 aliphatic heterocycles. The molecule has 104 valence electrons. The molecule has 6 heteroatoms. The van der Waals surface area contributed by atoms with Gasteiger partial charge in [0.15, 0.2) is 0 Å². The van der Waals surface area contributed by atoms with Gasteiger partial charge < -0.3 is 10.4 Å². The van der Waals surface area contributed by atoms with Crippen molar-refractivity contribution in [2.45, 2.75) is 39.2 Å². The molecule has 1 unspecified atom stereocenters. The van der Waals surface area contributed by atoms with Gasteiger partial charge in [0.1, 0.15) is 5.54 Å². The largest absolute Gasteiger partial charge is 0.480 e. The van der Waals surface area contributed by atoms with Crippen LogP contribution in [0.2, 0.25) is 0 Å². The molecule has 0 radical (unpaired) electrons. The maximum atomic E-state index is 11.7. The molecule has 0 spiro atoms. The Bertz CT molecular complexity index is 496. The summed E-state index contributed by atoms with van der Waals surface area (Å²) in [6.45, 7) is 5.27. The number of carbonyl (C=O) groups is 2. The Balaban J connectivity index is 2.68. The minimum absolute atomic E-state index is 0.387. The standard InChI is InChI=1S/C13H18N2O3S/c1-4-7-13(3,12(17)18)15-11(16)6-5-10-8-19-9(2)14-10/h5-6,8H,4,7H2,1-3H3,(H,15,16)(H,17,18)/b6-5+. The number of aryl methyl sites for hydroxylation is 1. The van der Waals surface area contributed by atoms with Crippen LogP contribution in [0.1, 0.15) is 37.4 Å². The number of aliphatic carboxylic acids is 1. The summed E-state index contributed by atoms with van der Waals surface area (Å²) in [5.74, 6) is -1.45. The minimum atomic E-state index is -1.23. The number of carbonyl (C=O) groups excluding carboxylic acids is 1. The number of nitrogens with one attached hydrogen (secondary N) is 1. The van der Waals surface area contributed by atoms with Crippen molar-refractivity contribution in [3.8, 4) is 0 Å². The van der Waals surface area contributed by atoms with E-state index in [-0.39, 0.29) is 0 Å². The third kappa shape index (κ3) is 4.48. The first kappa shape index (κ1) is 15.4. The molecular weight excluding hydrogens is 264 g/mol. The van der Waals surface area contributed by atoms with Crippen molar-refractivity contribution in [1.82, 2.24) is 10.3 Å². The summed E-state index contributed by atoms with van der Waals surface area (Å²) in [4.78, 5) is 27.1. The Labute approximate surface area is 116 Å². The molecule has 1 amide bonds. The van der Waals surface area contributed by atoms with Crippen LogP contribution in [0.15, 0.2) is 11.5 Å². The SMILES string of the molecule is CCCC(C)(NC(=O)/C=C/c1csc(C)n1)C(=O)O. The van der Waals surface area contributed by atoms with Crippen molar-refractivity contribution in [3.63, 3.8) is 0 Å². The highest BCUT2D eigenvalue weighted by Crippen LogP contribution is 2.13. The van der Waals surface area contributed by atoms with Crippen LogP contribution in [-0.4, -0.2) is 27.5 Å². The molecule has 1 aromatic rings. The summed E-state index contributed by atoms with van der Waals surface area (Å²) in [7, 11) is 0. The first-order valence-corrected chi connectivity index (χ1v) is 6.91. The van der Waals surface area contributed by atoms with Crippen LogP contribution in [0, 0.1) is 6.92 Å². The van der Waals surface area contributed by atoms with Gasteiger partial charge in [-0.3, -0.25) is 4.79 Å². The molecule has 0 saturated carbocycles. The van der Waals surface area contributed by atoms with E-state index in [1.807, 2.05) is 19.2 Å². The molecule has 2 N–H and O–H groups in total. The number of hydrogen-bond acceptors (Lipinski definition) is 4. The molecule has 19 heavy (non-hydrogen) atoms. The van der Waals surface area contributed by atoms with Gasteiger partial charge in [0, 0.05) is 11.5 Å². The van der Waals surface area contributed by atoms with Crippen LogP contribution in [0.3, 0.4) is 0 Å². The summed E-state index contributed by atoms with van der Waals surface area (Å²) in [5, 5.41) is 14.4. The van der Waals surface area contributed by atoms with E-state index in [0.717, 1.165) is 5.01 Å². The lowest BCUT2D eigenvalue weighted by atomic mass is 9.96. The van der Waals surface area contributed by atoms with Crippen LogP contribution < -0.4 is 5.32 Å². The van der Waals surface area contributed by atoms with E-state index in [4.69, 9.17) is 5.11 Å². The number of amides is 1. The summed E-state index contributed by atoms with van der Waals surface area (Å²) < 4.78 is 0. The van der Waals surface area contributed by atoms with Crippen LogP contribution in [0.25, 0.3) is 6.08 Å². The van der Waals surface area contributed by atoms with Gasteiger partial charge in [-0.2, -0.15) is 0 Å². The maximum absolute atomic E-state index is 11.7. The van der Waals surface area contributed by atoms with Gasteiger partial charge in [0.25, 0.3) is 0 Å². The molecule has 1 heterocycles. The average molecular weight is 282 g/mol. The van der Waals surface area contributed by atoms with Crippen molar-refractivity contribution in [3.05, 3.63) is 22.2 Å². The number of aromatic nitrogens is 1. The fourth-order valence-corrected chi connectivity index (χ4v) is 2.23. The van der Waals surface area contributed by atoms with Crippen molar-refractivity contribution in [1.29, 1.82) is 0 Å². The third-order valence-corrected chi connectivity index (χ3v) is 3.46. The second-order valence-corrected chi connectivity index (χ2v) is 5.56. The van der Waals surface area contributed by atoms with Gasteiger partial charge in [-0.15, -0.1) is 11.3 Å². The lowest BCUT2D eigenvalue weighted by Crippen LogP contribution is -2.51. The molecule has 0 aromatic carbocycles. The van der Waals surface area contributed by atoms with Gasteiger partial charge in [0.2, 0.25) is 5.91 Å². The van der Waals surface area contributed by atoms with Gasteiger partial charge >= 0.3 is 5.97 Å². The van der Waals surface area contributed by atoms with E-state index < -0.39 is 17.4 Å². The van der Waals surface area contributed by atoms with Crippen molar-refractivity contribution in [2.24, 2.45) is 0 Å². The Morgan fingerprint density at radius 1 is 1.58 bits per heavy atom. The van der Waals surface area contributed by atoms with Crippen LogP contribution >= 0.6 is 11.3 Å². The monoisotopic (exact) mass is 282 g/mol. The van der Waals surface area contributed by atoms with Crippen molar-refractivity contribution >= 4 is 29.3 Å². The van der Waals surface area contributed by atoms with Gasteiger partial charge in [0.05, 0.1) is 10.7 Å². The molecule has 0 fully saturated rings. The second-order valence-electron chi connectivity index (χ2n) is 4.50. The number of carboxylic acids is 1. The molecule has 1 atom stereocenters. The van der Waals surface area contributed by atoms with E-state index in [9.17, 15) is 9.59 Å². The maximum Gasteiger partial charge on any atom is 0.329 e. The highest BCUT2D eigenvalue weighted by molar-refractivity contribution is 7.09. The summed E-state index contributed by atoms with van der Waals surface area (Å²) >= 11 is 1.49. The molecule has 0 bridgehead atoms. The fourth-order valence-electron chi connectivity index (χ4n) is 1.65. The molecule has 0 saturated heterocycles. The minimum Gasteiger partial charge on any atom is -0.480 e. The highest BCUT2D eigenvalue weighted by atomic mass is 32.1. The van der Waals surface area contributed by atoms with E-state index in [2.05, 4.69) is 10.3 Å². The average Bonchev–Trinajstić information content (AvgIpc) is 2.72. The topological polar surface area (TPSA) is 79.3 Å². The number of hydrogen-bond donors (Lipinski definition) is 2. The number of nitrogens with zero attached hydrogens (tertiary/aromatic N) is 1. The van der Waals surface area contributed by atoms with Gasteiger partial charge in [-0.25, -0.2) is 9.78 Å². The smallest absolute Gasteiger partial charge is 0.329 e. The quantitative estimate of drug-likeness (QED) is 0.784. The molecule has 1 rings (SSSR count). The zero-order valence-electron chi connectivity index (χ0n) is 11.3. The van der Waals surface area contributed by atoms with E-state index in [1.165, 1.54) is 24.3 Å². The number of carboxylic acid groups (broad SMARTS) is 1. The number of rotatable bonds is 6. The summed E-state index contributed by atoms with van der Waals surface area (Å²) in [6.07, 6.45) is 3.95. The van der Waals surface area contributed by atoms with Gasteiger partial charge in [-0.05, 0) is 26.3 Å². The Kier molecular flexibility index (Phi) is 5.23. The normalized spacial score (nSPS) is 14.3. The van der Waals surface area contributed by atoms with Crippen LogP contribution in [-0.2, 0) is 9.59 Å². The highest BCUT2D eigenvalue weighted by Gasteiger charge is 2.33. The van der Waals surface area contributed by atoms with Crippen LogP contribution in [0.4, 0.5) is 0 Å². The second kappa shape index (κ2) is 6.47. The van der Waals surface area contributed by atoms with Gasteiger partial charge in [-0.1, -0.05) is 13.3 Å². The first-order chi connectivity index (χ1) is 8.87. The molecule has 1 aromatic heterocycles. The van der Waals surface area contributed by atoms with Crippen molar-refractivity contribution in [2.75, 3.05) is 0 Å². The molecule has 0 aliphatic carbocycles. The zero-order valence-corrected chi connectivity index (χ0v) is 12.1. The Hall–Kier alpha value is -1.69. The Morgan fingerprint density at radius 2 is 2.26 bits per heavy atom. The first-order valence-electron chi connectivity index (χ1n) is 6.03. The lowest BCUT2D eigenvalue weighted by molar-refractivity contribution is -0.146. The van der Waals surface area contributed by atoms with Crippen LogP contribution in [0.5, 0.6) is 0 Å². The molecule has 5 nitrogen and oxygen atoms in total. The number of thiazole rings is 1. The van der Waals surface area contributed by atoms with E-state index >= 15 is 0 Å². The van der Waals surface area contributed by atoms with E-state index in [1.54, 1.807) is 6.08 Å². The summed E-state index contributed by atoms with van der Waals surface area (Å²) in [5.41, 5.74) is -0.529. The third-order valence-electron chi connectivity index (χ3n) is 2.66. The van der Waals surface area contributed by atoms with E-state index in [0.29, 0.717) is 18.5 Å². The summed E-state index contributed by atoms with van der Waals surface area (Å²) in [6, 6.07) is 0. The van der Waals surface area contributed by atoms with Crippen molar-refractivity contribution < 1.29 is 14.7 Å². The molecular formula is C13H18N2O3S. The fraction of sp³-hybridized carbons (Fsp3) is 0.462. The zero-order chi connectivity index (χ0) is 14.5. The Morgan fingerprint density at radius 3 is 2.74 bits per heavy atom. The predicted octanol–water partition coefficient (Wildman–Crippen LogP) is 2.22. The predicted molar refractivity (Wildman–Crippen MR) is 75.0 cm³/mol. The lowest BCUT2D eigenvalue weighted by Gasteiger charge is -2.24. The molecule has 0 aliphatic rings.